The monoisotopic (exact) mass is 231 g/mol. The highest BCUT2D eigenvalue weighted by molar-refractivity contribution is 5.32. The largest absolute Gasteiger partial charge is 0.310 e. The van der Waals surface area contributed by atoms with Gasteiger partial charge in [-0.25, -0.2) is 0 Å². The second-order valence-electron chi connectivity index (χ2n) is 5.62. The molecule has 94 valence electrons. The average molecular weight is 231 g/mol. The summed E-state index contributed by atoms with van der Waals surface area (Å²) < 4.78 is 0. The predicted octanol–water partition coefficient (Wildman–Crippen LogP) is 4.14. The SMILES string of the molecule is Cc1ccc(C)c(C(C)NCCC2CCC2)c1. The first-order chi connectivity index (χ1) is 8.16. The van der Waals surface area contributed by atoms with Crippen molar-refractivity contribution in [3.05, 3.63) is 34.9 Å². The molecule has 1 saturated carbocycles. The Balaban J connectivity index is 1.85. The second-order valence-corrected chi connectivity index (χ2v) is 5.62. The molecule has 1 heteroatoms. The molecule has 0 amide bonds. The molecule has 2 rings (SSSR count). The van der Waals surface area contributed by atoms with Crippen molar-refractivity contribution >= 4 is 0 Å². The van der Waals surface area contributed by atoms with E-state index in [1.807, 2.05) is 0 Å². The second kappa shape index (κ2) is 5.68. The summed E-state index contributed by atoms with van der Waals surface area (Å²) in [5.74, 6) is 1.01. The fourth-order valence-corrected chi connectivity index (χ4v) is 2.62. The maximum atomic E-state index is 3.67. The Labute approximate surface area is 106 Å². The number of aryl methyl sites for hydroxylation is 2. The molecule has 1 unspecified atom stereocenters. The lowest BCUT2D eigenvalue weighted by atomic mass is 9.83. The molecule has 1 aromatic rings. The van der Waals surface area contributed by atoms with E-state index in [2.05, 4.69) is 44.3 Å². The van der Waals surface area contributed by atoms with Crippen LogP contribution in [0.2, 0.25) is 0 Å². The molecule has 1 aliphatic carbocycles. The third kappa shape index (κ3) is 3.32. The first-order valence-electron chi connectivity index (χ1n) is 6.97. The van der Waals surface area contributed by atoms with Crippen LogP contribution in [-0.4, -0.2) is 6.54 Å². The van der Waals surface area contributed by atoms with Crippen LogP contribution < -0.4 is 5.32 Å². The number of nitrogens with one attached hydrogen (secondary N) is 1. The van der Waals surface area contributed by atoms with Crippen LogP contribution in [0.4, 0.5) is 0 Å². The molecule has 1 aromatic carbocycles. The Morgan fingerprint density at radius 1 is 1.29 bits per heavy atom. The van der Waals surface area contributed by atoms with E-state index in [-0.39, 0.29) is 0 Å². The van der Waals surface area contributed by atoms with Gasteiger partial charge in [-0.15, -0.1) is 0 Å². The van der Waals surface area contributed by atoms with Crippen LogP contribution in [0.1, 0.15) is 55.3 Å². The van der Waals surface area contributed by atoms with Crippen molar-refractivity contribution in [3.8, 4) is 0 Å². The predicted molar refractivity (Wildman–Crippen MR) is 74.3 cm³/mol. The molecular formula is C16H25N. The van der Waals surface area contributed by atoms with Crippen molar-refractivity contribution in [2.45, 2.75) is 52.5 Å². The van der Waals surface area contributed by atoms with Crippen molar-refractivity contribution in [3.63, 3.8) is 0 Å². The number of hydrogen-bond acceptors (Lipinski definition) is 1. The van der Waals surface area contributed by atoms with Crippen molar-refractivity contribution in [2.75, 3.05) is 6.54 Å². The van der Waals surface area contributed by atoms with Crippen LogP contribution in [0.25, 0.3) is 0 Å². The molecule has 0 bridgehead atoms. The molecule has 1 fully saturated rings. The van der Waals surface area contributed by atoms with Crippen LogP contribution >= 0.6 is 0 Å². The Morgan fingerprint density at radius 3 is 2.71 bits per heavy atom. The molecule has 1 aliphatic rings. The smallest absolute Gasteiger partial charge is 0.0294 e. The quantitative estimate of drug-likeness (QED) is 0.803. The van der Waals surface area contributed by atoms with Crippen molar-refractivity contribution in [1.29, 1.82) is 0 Å². The van der Waals surface area contributed by atoms with Crippen molar-refractivity contribution < 1.29 is 0 Å². The number of rotatable bonds is 5. The zero-order valence-electron chi connectivity index (χ0n) is 11.4. The van der Waals surface area contributed by atoms with Gasteiger partial charge in [0, 0.05) is 6.04 Å². The van der Waals surface area contributed by atoms with Gasteiger partial charge >= 0.3 is 0 Å². The lowest BCUT2D eigenvalue weighted by molar-refractivity contribution is 0.288. The van der Waals surface area contributed by atoms with Crippen LogP contribution in [0.15, 0.2) is 18.2 Å². The normalized spacial score (nSPS) is 17.8. The minimum atomic E-state index is 0.481. The molecule has 0 heterocycles. The van der Waals surface area contributed by atoms with Crippen LogP contribution in [0, 0.1) is 19.8 Å². The molecule has 1 atom stereocenters. The number of hydrogen-bond donors (Lipinski definition) is 1. The topological polar surface area (TPSA) is 12.0 Å². The summed E-state index contributed by atoms with van der Waals surface area (Å²) in [6.45, 7) is 7.82. The molecule has 1 N–H and O–H groups in total. The van der Waals surface area contributed by atoms with Gasteiger partial charge < -0.3 is 5.32 Å². The Kier molecular flexibility index (Phi) is 4.22. The van der Waals surface area contributed by atoms with Crippen LogP contribution in [-0.2, 0) is 0 Å². The van der Waals surface area contributed by atoms with Gasteiger partial charge in [-0.3, -0.25) is 0 Å². The fourth-order valence-electron chi connectivity index (χ4n) is 2.62. The summed E-state index contributed by atoms with van der Waals surface area (Å²) in [6, 6.07) is 7.22. The zero-order valence-corrected chi connectivity index (χ0v) is 11.4. The highest BCUT2D eigenvalue weighted by Gasteiger charge is 2.17. The Hall–Kier alpha value is -0.820. The molecule has 0 aromatic heterocycles. The third-order valence-electron chi connectivity index (χ3n) is 4.13. The molecule has 0 aliphatic heterocycles. The molecule has 1 nitrogen and oxygen atoms in total. The molecule has 0 saturated heterocycles. The Bertz CT molecular complexity index is 366. The van der Waals surface area contributed by atoms with Gasteiger partial charge in [-0.05, 0) is 50.8 Å². The summed E-state index contributed by atoms with van der Waals surface area (Å²) in [4.78, 5) is 0. The van der Waals surface area contributed by atoms with Crippen LogP contribution in [0.3, 0.4) is 0 Å². The first-order valence-corrected chi connectivity index (χ1v) is 6.97. The van der Waals surface area contributed by atoms with E-state index in [0.717, 1.165) is 5.92 Å². The van der Waals surface area contributed by atoms with Gasteiger partial charge in [-0.1, -0.05) is 43.0 Å². The summed E-state index contributed by atoms with van der Waals surface area (Å²) in [5, 5.41) is 3.67. The maximum absolute atomic E-state index is 3.67. The highest BCUT2D eigenvalue weighted by atomic mass is 14.9. The lowest BCUT2D eigenvalue weighted by Gasteiger charge is -2.26. The highest BCUT2D eigenvalue weighted by Crippen LogP contribution is 2.29. The van der Waals surface area contributed by atoms with Gasteiger partial charge in [0.05, 0.1) is 0 Å². The van der Waals surface area contributed by atoms with E-state index >= 15 is 0 Å². The van der Waals surface area contributed by atoms with Crippen molar-refractivity contribution in [2.24, 2.45) is 5.92 Å². The molecule has 0 radical (unpaired) electrons. The zero-order chi connectivity index (χ0) is 12.3. The number of benzene rings is 1. The van der Waals surface area contributed by atoms with Gasteiger partial charge in [0.15, 0.2) is 0 Å². The van der Waals surface area contributed by atoms with Crippen molar-refractivity contribution in [1.82, 2.24) is 5.32 Å². The van der Waals surface area contributed by atoms with Gasteiger partial charge in [0.2, 0.25) is 0 Å². The summed E-state index contributed by atoms with van der Waals surface area (Å²) in [7, 11) is 0. The van der Waals surface area contributed by atoms with E-state index in [1.54, 1.807) is 0 Å². The summed E-state index contributed by atoms with van der Waals surface area (Å²) in [5.41, 5.74) is 4.22. The standard InChI is InChI=1S/C16H25N/c1-12-7-8-13(2)16(11-12)14(3)17-10-9-15-5-4-6-15/h7-8,11,14-15,17H,4-6,9-10H2,1-3H3. The van der Waals surface area contributed by atoms with Gasteiger partial charge in [0.25, 0.3) is 0 Å². The average Bonchev–Trinajstić information content (AvgIpc) is 2.25. The van der Waals surface area contributed by atoms with E-state index in [4.69, 9.17) is 0 Å². The van der Waals surface area contributed by atoms with E-state index in [0.29, 0.717) is 6.04 Å². The summed E-state index contributed by atoms with van der Waals surface area (Å²) >= 11 is 0. The van der Waals surface area contributed by atoms with Gasteiger partial charge in [0.1, 0.15) is 0 Å². The van der Waals surface area contributed by atoms with E-state index < -0.39 is 0 Å². The summed E-state index contributed by atoms with van der Waals surface area (Å²) in [6.07, 6.45) is 5.73. The van der Waals surface area contributed by atoms with Crippen LogP contribution in [0.5, 0.6) is 0 Å². The molecule has 17 heavy (non-hydrogen) atoms. The molecular weight excluding hydrogens is 206 g/mol. The first kappa shape index (κ1) is 12.6. The fraction of sp³-hybridized carbons (Fsp3) is 0.625. The maximum Gasteiger partial charge on any atom is 0.0294 e. The third-order valence-corrected chi connectivity index (χ3v) is 4.13. The van der Waals surface area contributed by atoms with Gasteiger partial charge in [-0.2, -0.15) is 0 Å². The van der Waals surface area contributed by atoms with E-state index in [9.17, 15) is 0 Å². The lowest BCUT2D eigenvalue weighted by Crippen LogP contribution is -2.24. The minimum Gasteiger partial charge on any atom is -0.310 e. The van der Waals surface area contributed by atoms with E-state index in [1.165, 1.54) is 48.9 Å². The Morgan fingerprint density at radius 2 is 2.06 bits per heavy atom. The minimum absolute atomic E-state index is 0.481. The molecule has 0 spiro atoms.